The summed E-state index contributed by atoms with van der Waals surface area (Å²) in [5, 5.41) is 3.57. The van der Waals surface area contributed by atoms with Crippen LogP contribution in [-0.4, -0.2) is 30.9 Å². The zero-order valence-corrected chi connectivity index (χ0v) is 13.8. The quantitative estimate of drug-likeness (QED) is 0.841. The van der Waals surface area contributed by atoms with Gasteiger partial charge >= 0.3 is 0 Å². The van der Waals surface area contributed by atoms with Crippen LogP contribution in [0.3, 0.4) is 0 Å². The van der Waals surface area contributed by atoms with E-state index < -0.39 is 6.04 Å². The van der Waals surface area contributed by atoms with Crippen molar-refractivity contribution in [2.24, 2.45) is 5.73 Å². The summed E-state index contributed by atoms with van der Waals surface area (Å²) < 4.78 is 4.91. The average Bonchev–Trinajstić information content (AvgIpc) is 2.94. The second-order valence-electron chi connectivity index (χ2n) is 5.07. The number of para-hydroxylation sites is 1. The number of amides is 1. The molecule has 1 aliphatic rings. The minimum absolute atomic E-state index is 0. The largest absolute Gasteiger partial charge is 0.383 e. The molecule has 1 aliphatic carbocycles. The highest BCUT2D eigenvalue weighted by Crippen LogP contribution is 2.37. The first-order valence-corrected chi connectivity index (χ1v) is 7.89. The molecule has 6 heteroatoms. The van der Waals surface area contributed by atoms with Crippen LogP contribution in [0.15, 0.2) is 29.2 Å². The van der Waals surface area contributed by atoms with Crippen molar-refractivity contribution < 1.29 is 9.53 Å². The van der Waals surface area contributed by atoms with E-state index in [1.807, 2.05) is 30.0 Å². The maximum Gasteiger partial charge on any atom is 0.243 e. The Labute approximate surface area is 136 Å². The fraction of sp³-hybridized carbons (Fsp3) is 0.533. The first kappa shape index (κ1) is 18.3. The van der Waals surface area contributed by atoms with Crippen molar-refractivity contribution in [2.45, 2.75) is 41.9 Å². The Bertz CT molecular complexity index is 453. The molecular weight excluding hydrogens is 308 g/mol. The number of ether oxygens (including phenoxy) is 1. The van der Waals surface area contributed by atoms with Gasteiger partial charge in [0.2, 0.25) is 5.91 Å². The van der Waals surface area contributed by atoms with E-state index in [2.05, 4.69) is 11.4 Å². The molecule has 0 spiro atoms. The highest BCUT2D eigenvalue weighted by molar-refractivity contribution is 8.00. The van der Waals surface area contributed by atoms with Crippen molar-refractivity contribution in [3.05, 3.63) is 24.3 Å². The number of methoxy groups -OCH3 is 1. The lowest BCUT2D eigenvalue weighted by Gasteiger charge is -2.16. The van der Waals surface area contributed by atoms with Crippen molar-refractivity contribution in [3.63, 3.8) is 0 Å². The monoisotopic (exact) mass is 330 g/mol. The van der Waals surface area contributed by atoms with E-state index in [-0.39, 0.29) is 24.9 Å². The van der Waals surface area contributed by atoms with Crippen molar-refractivity contribution in [1.29, 1.82) is 0 Å². The number of carbonyl (C=O) groups is 1. The minimum Gasteiger partial charge on any atom is -0.383 e. The summed E-state index contributed by atoms with van der Waals surface area (Å²) in [6.45, 7) is 0.226. The minimum atomic E-state index is -0.635. The molecule has 0 radical (unpaired) electrons. The number of benzene rings is 1. The van der Waals surface area contributed by atoms with Gasteiger partial charge in [0.05, 0.1) is 12.3 Å². The molecule has 0 aliphatic heterocycles. The number of anilines is 1. The van der Waals surface area contributed by atoms with Crippen LogP contribution in [0.4, 0.5) is 5.69 Å². The molecule has 0 heterocycles. The molecule has 0 bridgehead atoms. The van der Waals surface area contributed by atoms with E-state index in [0.717, 1.165) is 10.6 Å². The van der Waals surface area contributed by atoms with Crippen LogP contribution in [0, 0.1) is 0 Å². The van der Waals surface area contributed by atoms with Gasteiger partial charge in [-0.3, -0.25) is 4.79 Å². The van der Waals surface area contributed by atoms with Crippen LogP contribution in [0.1, 0.15) is 25.7 Å². The van der Waals surface area contributed by atoms with Gasteiger partial charge in [0.1, 0.15) is 6.04 Å². The fourth-order valence-electron chi connectivity index (χ4n) is 2.34. The summed E-state index contributed by atoms with van der Waals surface area (Å²) in [6, 6.07) is 7.28. The van der Waals surface area contributed by atoms with E-state index in [4.69, 9.17) is 10.5 Å². The summed E-state index contributed by atoms with van der Waals surface area (Å²) in [4.78, 5) is 13.1. The van der Waals surface area contributed by atoms with Crippen molar-refractivity contribution in [3.8, 4) is 0 Å². The average molecular weight is 331 g/mol. The lowest BCUT2D eigenvalue weighted by atomic mass is 10.2. The Morgan fingerprint density at radius 2 is 2.10 bits per heavy atom. The third-order valence-electron chi connectivity index (χ3n) is 3.42. The lowest BCUT2D eigenvalue weighted by molar-refractivity contribution is -0.118. The van der Waals surface area contributed by atoms with Gasteiger partial charge in [-0.2, -0.15) is 0 Å². The number of thioether (sulfide) groups is 1. The normalized spacial score (nSPS) is 16.3. The lowest BCUT2D eigenvalue weighted by Crippen LogP contribution is -2.39. The second kappa shape index (κ2) is 9.30. The molecule has 4 nitrogen and oxygen atoms in total. The van der Waals surface area contributed by atoms with Crippen molar-refractivity contribution in [1.82, 2.24) is 0 Å². The maximum atomic E-state index is 12.0. The van der Waals surface area contributed by atoms with Gasteiger partial charge in [-0.1, -0.05) is 25.0 Å². The SMILES string of the molecule is COCC(N)C(=O)Nc1ccccc1SC1CCCC1.Cl. The molecule has 3 N–H and O–H groups in total. The summed E-state index contributed by atoms with van der Waals surface area (Å²) in [7, 11) is 1.54. The fourth-order valence-corrected chi connectivity index (χ4v) is 3.67. The molecule has 1 aromatic carbocycles. The van der Waals surface area contributed by atoms with Gasteiger partial charge in [-0.25, -0.2) is 0 Å². The van der Waals surface area contributed by atoms with Crippen LogP contribution >= 0.6 is 24.2 Å². The third kappa shape index (κ3) is 5.51. The first-order chi connectivity index (χ1) is 9.70. The van der Waals surface area contributed by atoms with Gasteiger partial charge in [-0.05, 0) is 25.0 Å². The molecule has 1 saturated carbocycles. The van der Waals surface area contributed by atoms with E-state index in [0.29, 0.717) is 5.25 Å². The number of nitrogens with one attached hydrogen (secondary N) is 1. The van der Waals surface area contributed by atoms with Gasteiger partial charge in [0, 0.05) is 17.3 Å². The molecule has 2 rings (SSSR count). The van der Waals surface area contributed by atoms with Gasteiger partial charge in [0.15, 0.2) is 0 Å². The number of nitrogens with two attached hydrogens (primary N) is 1. The Morgan fingerprint density at radius 1 is 1.43 bits per heavy atom. The van der Waals surface area contributed by atoms with Crippen molar-refractivity contribution in [2.75, 3.05) is 19.0 Å². The topological polar surface area (TPSA) is 64.3 Å². The standard InChI is InChI=1S/C15H22N2O2S.ClH/c1-19-10-12(16)15(18)17-13-8-4-5-9-14(13)20-11-6-2-3-7-11;/h4-5,8-9,11-12H,2-3,6-7,10,16H2,1H3,(H,17,18);1H. The summed E-state index contributed by atoms with van der Waals surface area (Å²) >= 11 is 1.86. The summed E-state index contributed by atoms with van der Waals surface area (Å²) in [6.07, 6.45) is 5.14. The predicted molar refractivity (Wildman–Crippen MR) is 90.3 cm³/mol. The van der Waals surface area contributed by atoms with Gasteiger partial charge in [-0.15, -0.1) is 24.2 Å². The number of rotatable bonds is 6. The first-order valence-electron chi connectivity index (χ1n) is 7.01. The number of hydrogen-bond donors (Lipinski definition) is 2. The molecule has 0 saturated heterocycles. The van der Waals surface area contributed by atoms with E-state index >= 15 is 0 Å². The van der Waals surface area contributed by atoms with Crippen LogP contribution < -0.4 is 11.1 Å². The Kier molecular flexibility index (Phi) is 8.11. The zero-order valence-electron chi connectivity index (χ0n) is 12.2. The highest BCUT2D eigenvalue weighted by atomic mass is 35.5. The molecule has 1 fully saturated rings. The summed E-state index contributed by atoms with van der Waals surface area (Å²) in [5.41, 5.74) is 6.59. The molecule has 21 heavy (non-hydrogen) atoms. The Morgan fingerprint density at radius 3 is 2.76 bits per heavy atom. The predicted octanol–water partition coefficient (Wildman–Crippen LogP) is 3.06. The summed E-state index contributed by atoms with van der Waals surface area (Å²) in [5.74, 6) is -0.202. The third-order valence-corrected chi connectivity index (χ3v) is 4.84. The molecule has 1 unspecified atom stereocenters. The molecule has 1 amide bonds. The van der Waals surface area contributed by atoms with E-state index in [1.54, 1.807) is 0 Å². The number of carbonyl (C=O) groups excluding carboxylic acids is 1. The maximum absolute atomic E-state index is 12.0. The van der Waals surface area contributed by atoms with Crippen LogP contribution in [0.25, 0.3) is 0 Å². The van der Waals surface area contributed by atoms with Crippen LogP contribution in [0.2, 0.25) is 0 Å². The number of hydrogen-bond acceptors (Lipinski definition) is 4. The zero-order chi connectivity index (χ0) is 14.4. The van der Waals surface area contributed by atoms with Gasteiger partial charge < -0.3 is 15.8 Å². The highest BCUT2D eigenvalue weighted by Gasteiger charge is 2.19. The van der Waals surface area contributed by atoms with Crippen LogP contribution in [-0.2, 0) is 9.53 Å². The molecule has 1 aromatic rings. The molecule has 1 atom stereocenters. The Balaban J connectivity index is 0.00000220. The van der Waals surface area contributed by atoms with E-state index in [9.17, 15) is 4.79 Å². The van der Waals surface area contributed by atoms with E-state index in [1.165, 1.54) is 32.8 Å². The number of halogens is 1. The molecule has 118 valence electrons. The van der Waals surface area contributed by atoms with Crippen molar-refractivity contribution >= 4 is 35.8 Å². The molecular formula is C15H23ClN2O2S. The Hall–Kier alpha value is -0.750. The second-order valence-corrected chi connectivity index (χ2v) is 6.41. The smallest absolute Gasteiger partial charge is 0.243 e. The molecule has 0 aromatic heterocycles. The van der Waals surface area contributed by atoms with Gasteiger partial charge in [0.25, 0.3) is 0 Å². The van der Waals surface area contributed by atoms with Crippen LogP contribution in [0.5, 0.6) is 0 Å².